The van der Waals surface area contributed by atoms with Gasteiger partial charge < -0.3 is 10.2 Å². The molecule has 1 fully saturated rings. The summed E-state index contributed by atoms with van der Waals surface area (Å²) >= 11 is 0. The Balaban J connectivity index is 2.20. The molecule has 1 aliphatic heterocycles. The van der Waals surface area contributed by atoms with Crippen LogP contribution in [0.4, 0.5) is 18.9 Å². The van der Waals surface area contributed by atoms with Gasteiger partial charge in [-0.05, 0) is 37.0 Å². The van der Waals surface area contributed by atoms with Gasteiger partial charge in [-0.15, -0.1) is 0 Å². The van der Waals surface area contributed by atoms with Crippen molar-refractivity contribution in [1.29, 1.82) is 0 Å². The van der Waals surface area contributed by atoms with Crippen LogP contribution < -0.4 is 15.4 Å². The predicted octanol–water partition coefficient (Wildman–Crippen LogP) is 2.73. The maximum absolute atomic E-state index is 13.3. The molecule has 1 aromatic rings. The molecule has 28 heavy (non-hydrogen) atoms. The number of alkyl halides is 3. The molecule has 1 aromatic carbocycles. The number of carbonyl (C=O) groups excluding carboxylic acids is 1. The van der Waals surface area contributed by atoms with E-state index < -0.39 is 32.1 Å². The number of hydrogen-bond acceptors (Lipinski definition) is 4. The molecular formula is C18H26F3N3O3S. The fourth-order valence-electron chi connectivity index (χ4n) is 3.15. The summed E-state index contributed by atoms with van der Waals surface area (Å²) in [6, 6.07) is 3.07. The summed E-state index contributed by atoms with van der Waals surface area (Å²) in [5.41, 5.74) is -1.50. The highest BCUT2D eigenvalue weighted by Crippen LogP contribution is 2.37. The molecule has 1 heterocycles. The number of carbonyl (C=O) groups is 1. The number of primary sulfonamides is 1. The van der Waals surface area contributed by atoms with Crippen LogP contribution in [0.5, 0.6) is 0 Å². The largest absolute Gasteiger partial charge is 0.417 e. The molecule has 0 spiro atoms. The van der Waals surface area contributed by atoms with E-state index in [1.807, 2.05) is 0 Å². The van der Waals surface area contributed by atoms with E-state index in [1.54, 1.807) is 25.7 Å². The lowest BCUT2D eigenvalue weighted by atomic mass is 9.93. The summed E-state index contributed by atoms with van der Waals surface area (Å²) < 4.78 is 63.0. The number of amides is 1. The van der Waals surface area contributed by atoms with Crippen molar-refractivity contribution >= 4 is 21.6 Å². The van der Waals surface area contributed by atoms with Crippen molar-refractivity contribution in [3.63, 3.8) is 0 Å². The van der Waals surface area contributed by atoms with E-state index in [2.05, 4.69) is 5.32 Å². The van der Waals surface area contributed by atoms with Crippen molar-refractivity contribution in [3.8, 4) is 0 Å². The van der Waals surface area contributed by atoms with Crippen LogP contribution >= 0.6 is 0 Å². The lowest BCUT2D eigenvalue weighted by Crippen LogP contribution is -2.43. The van der Waals surface area contributed by atoms with E-state index in [1.165, 1.54) is 6.07 Å². The Hall–Kier alpha value is -1.81. The number of benzene rings is 1. The topological polar surface area (TPSA) is 92.5 Å². The molecule has 0 aromatic heterocycles. The van der Waals surface area contributed by atoms with Crippen LogP contribution in [-0.4, -0.2) is 34.0 Å². The first kappa shape index (κ1) is 22.5. The number of anilines is 1. The molecule has 0 radical (unpaired) electrons. The summed E-state index contributed by atoms with van der Waals surface area (Å²) in [5.74, 6) is 0.00814. The number of nitrogens with zero attached hydrogens (tertiary/aromatic N) is 1. The third-order valence-electron chi connectivity index (χ3n) is 4.69. The number of rotatable bonds is 4. The summed E-state index contributed by atoms with van der Waals surface area (Å²) in [6.07, 6.45) is -3.23. The number of nitrogens with one attached hydrogen (secondary N) is 1. The van der Waals surface area contributed by atoms with Crippen molar-refractivity contribution in [1.82, 2.24) is 5.32 Å². The minimum absolute atomic E-state index is 0.0820. The maximum atomic E-state index is 13.3. The van der Waals surface area contributed by atoms with Crippen molar-refractivity contribution in [2.75, 3.05) is 24.5 Å². The average molecular weight is 421 g/mol. The molecule has 2 rings (SSSR count). The predicted molar refractivity (Wildman–Crippen MR) is 100 cm³/mol. The molecule has 1 amide bonds. The standard InChI is InChI=1S/C18H26F3N3O3S/c1-17(2,3)16(25)23-10-12-5-4-8-24(11-12)13-6-7-15(28(22,26)27)14(9-13)18(19,20)21/h6-7,9,12H,4-5,8,10-11H2,1-3H3,(H,23,25)(H2,22,26,27). The number of piperidine rings is 1. The number of nitrogens with two attached hydrogens (primary N) is 1. The Bertz CT molecular complexity index is 833. The molecule has 6 nitrogen and oxygen atoms in total. The normalized spacial score (nSPS) is 18.8. The Kier molecular flexibility index (Phi) is 6.34. The van der Waals surface area contributed by atoms with Crippen LogP contribution in [0.25, 0.3) is 0 Å². The van der Waals surface area contributed by atoms with E-state index in [0.29, 0.717) is 19.6 Å². The fourth-order valence-corrected chi connectivity index (χ4v) is 3.89. The van der Waals surface area contributed by atoms with Crippen LogP contribution in [0.3, 0.4) is 0 Å². The zero-order valence-corrected chi connectivity index (χ0v) is 17.0. The van der Waals surface area contributed by atoms with Crippen LogP contribution in [0.1, 0.15) is 39.2 Å². The lowest BCUT2D eigenvalue weighted by molar-refractivity contribution is -0.139. The first-order valence-electron chi connectivity index (χ1n) is 8.97. The van der Waals surface area contributed by atoms with Crippen LogP contribution in [0.15, 0.2) is 23.1 Å². The smallest absolute Gasteiger partial charge is 0.371 e. The highest BCUT2D eigenvalue weighted by atomic mass is 32.2. The van der Waals surface area contributed by atoms with Gasteiger partial charge in [0.25, 0.3) is 0 Å². The molecular weight excluding hydrogens is 395 g/mol. The second kappa shape index (κ2) is 7.90. The monoisotopic (exact) mass is 421 g/mol. The molecule has 10 heteroatoms. The molecule has 158 valence electrons. The van der Waals surface area contributed by atoms with Gasteiger partial charge in [0, 0.05) is 30.7 Å². The summed E-state index contributed by atoms with van der Waals surface area (Å²) in [4.78, 5) is 12.9. The molecule has 1 unspecified atom stereocenters. The number of halogens is 3. The molecule has 1 aliphatic rings. The lowest BCUT2D eigenvalue weighted by Gasteiger charge is -2.35. The number of sulfonamides is 1. The van der Waals surface area contributed by atoms with E-state index in [9.17, 15) is 26.4 Å². The molecule has 1 atom stereocenters. The highest BCUT2D eigenvalue weighted by Gasteiger charge is 2.37. The van der Waals surface area contributed by atoms with Gasteiger partial charge in [0.1, 0.15) is 0 Å². The van der Waals surface area contributed by atoms with Gasteiger partial charge in [0.15, 0.2) is 0 Å². The molecule has 0 aliphatic carbocycles. The summed E-state index contributed by atoms with van der Waals surface area (Å²) in [7, 11) is -4.49. The molecule has 0 bridgehead atoms. The minimum Gasteiger partial charge on any atom is -0.371 e. The van der Waals surface area contributed by atoms with Gasteiger partial charge in [-0.25, -0.2) is 13.6 Å². The quantitative estimate of drug-likeness (QED) is 0.782. The average Bonchev–Trinajstić information content (AvgIpc) is 2.57. The van der Waals surface area contributed by atoms with E-state index in [4.69, 9.17) is 5.14 Å². The Morgan fingerprint density at radius 3 is 2.46 bits per heavy atom. The molecule has 0 saturated carbocycles. The van der Waals surface area contributed by atoms with E-state index in [-0.39, 0.29) is 17.5 Å². The van der Waals surface area contributed by atoms with Gasteiger partial charge in [-0.1, -0.05) is 20.8 Å². The van der Waals surface area contributed by atoms with Crippen LogP contribution in [-0.2, 0) is 21.0 Å². The molecule has 1 saturated heterocycles. The fraction of sp³-hybridized carbons (Fsp3) is 0.611. The second-order valence-corrected chi connectivity index (χ2v) is 9.67. The van der Waals surface area contributed by atoms with Gasteiger partial charge >= 0.3 is 6.18 Å². The summed E-state index contributed by atoms with van der Waals surface area (Å²) in [6.45, 7) is 6.88. The van der Waals surface area contributed by atoms with Gasteiger partial charge in [-0.2, -0.15) is 13.2 Å². The van der Waals surface area contributed by atoms with Crippen molar-refractivity contribution < 1.29 is 26.4 Å². The Morgan fingerprint density at radius 2 is 1.93 bits per heavy atom. The first-order valence-corrected chi connectivity index (χ1v) is 10.5. The third-order valence-corrected chi connectivity index (χ3v) is 5.66. The van der Waals surface area contributed by atoms with Gasteiger partial charge in [0.05, 0.1) is 10.5 Å². The van der Waals surface area contributed by atoms with E-state index >= 15 is 0 Å². The van der Waals surface area contributed by atoms with Gasteiger partial charge in [-0.3, -0.25) is 4.79 Å². The highest BCUT2D eigenvalue weighted by molar-refractivity contribution is 7.89. The van der Waals surface area contributed by atoms with Crippen LogP contribution in [0.2, 0.25) is 0 Å². The minimum atomic E-state index is -4.84. The number of hydrogen-bond donors (Lipinski definition) is 2. The molecule has 3 N–H and O–H groups in total. The van der Waals surface area contributed by atoms with Crippen LogP contribution in [0, 0.1) is 11.3 Å². The maximum Gasteiger partial charge on any atom is 0.417 e. The van der Waals surface area contributed by atoms with Gasteiger partial charge in [0.2, 0.25) is 15.9 Å². The Morgan fingerprint density at radius 1 is 1.29 bits per heavy atom. The van der Waals surface area contributed by atoms with Crippen molar-refractivity contribution in [2.24, 2.45) is 16.5 Å². The zero-order valence-electron chi connectivity index (χ0n) is 16.1. The van der Waals surface area contributed by atoms with E-state index in [0.717, 1.165) is 25.0 Å². The Labute approximate surface area is 163 Å². The summed E-state index contributed by atoms with van der Waals surface area (Å²) in [5, 5.41) is 7.81. The third kappa shape index (κ3) is 5.60. The van der Waals surface area contributed by atoms with Crippen molar-refractivity contribution in [2.45, 2.75) is 44.7 Å². The first-order chi connectivity index (χ1) is 12.7. The second-order valence-electron chi connectivity index (χ2n) is 8.14. The SMILES string of the molecule is CC(C)(C)C(=O)NCC1CCCN(c2ccc(S(N)(=O)=O)c(C(F)(F)F)c2)C1. The van der Waals surface area contributed by atoms with Crippen molar-refractivity contribution in [3.05, 3.63) is 23.8 Å². The zero-order chi connectivity index (χ0) is 21.3.